The van der Waals surface area contributed by atoms with Gasteiger partial charge in [-0.05, 0) is 17.7 Å². The van der Waals surface area contributed by atoms with Gasteiger partial charge in [0.05, 0.1) is 6.61 Å². The van der Waals surface area contributed by atoms with Crippen LogP contribution >= 0.6 is 0 Å². The van der Waals surface area contributed by atoms with Crippen molar-refractivity contribution in [1.82, 2.24) is 0 Å². The molecular formula is C8H10O6S. The first-order valence-electron chi connectivity index (χ1n) is 3.98. The zero-order chi connectivity index (χ0) is 11.5. The Bertz CT molecular complexity index is 427. The predicted molar refractivity (Wildman–Crippen MR) is 50.7 cm³/mol. The molecule has 0 spiro atoms. The average Bonchev–Trinajstić information content (AvgIpc) is 2.14. The molecule has 15 heavy (non-hydrogen) atoms. The molecule has 0 saturated heterocycles. The molecule has 0 bridgehead atoms. The van der Waals surface area contributed by atoms with Crippen LogP contribution in [0.5, 0.6) is 5.75 Å². The molecule has 0 radical (unpaired) electrons. The quantitative estimate of drug-likeness (QED) is 0.628. The lowest BCUT2D eigenvalue weighted by atomic mass is 10.1. The lowest BCUT2D eigenvalue weighted by Gasteiger charge is -2.08. The molecule has 0 amide bonds. The monoisotopic (exact) mass is 234 g/mol. The lowest BCUT2D eigenvalue weighted by Crippen LogP contribution is -2.08. The summed E-state index contributed by atoms with van der Waals surface area (Å²) in [6.45, 7) is -0.491. The third kappa shape index (κ3) is 3.84. The van der Waals surface area contributed by atoms with Crippen molar-refractivity contribution < 1.29 is 27.4 Å². The molecule has 7 heteroatoms. The summed E-state index contributed by atoms with van der Waals surface area (Å²) in [7, 11) is -4.57. The largest absolute Gasteiger partial charge is 0.446 e. The van der Waals surface area contributed by atoms with Crippen molar-refractivity contribution in [2.45, 2.75) is 6.10 Å². The highest BCUT2D eigenvalue weighted by Crippen LogP contribution is 2.19. The summed E-state index contributed by atoms with van der Waals surface area (Å²) in [4.78, 5) is 0. The molecule has 1 aromatic carbocycles. The molecule has 6 nitrogen and oxygen atoms in total. The predicted octanol–water partition coefficient (Wildman–Crippen LogP) is -0.106. The molecule has 0 fully saturated rings. The second-order valence-corrected chi connectivity index (χ2v) is 3.80. The molecule has 0 saturated carbocycles. The van der Waals surface area contributed by atoms with E-state index >= 15 is 0 Å². The number of rotatable bonds is 4. The van der Waals surface area contributed by atoms with E-state index in [-0.39, 0.29) is 5.75 Å². The highest BCUT2D eigenvalue weighted by molar-refractivity contribution is 7.81. The molecule has 0 aliphatic carbocycles. The van der Waals surface area contributed by atoms with Gasteiger partial charge in [0.15, 0.2) is 0 Å². The van der Waals surface area contributed by atoms with E-state index in [9.17, 15) is 13.5 Å². The molecule has 0 unspecified atom stereocenters. The Morgan fingerprint density at radius 3 is 2.60 bits per heavy atom. The van der Waals surface area contributed by atoms with Gasteiger partial charge in [-0.25, -0.2) is 0 Å². The zero-order valence-corrected chi connectivity index (χ0v) is 8.38. The molecule has 0 aromatic heterocycles. The van der Waals surface area contributed by atoms with Crippen LogP contribution in [-0.4, -0.2) is 29.8 Å². The third-order valence-electron chi connectivity index (χ3n) is 1.62. The van der Waals surface area contributed by atoms with E-state index in [0.29, 0.717) is 5.56 Å². The molecule has 1 atom stereocenters. The summed E-state index contributed by atoms with van der Waals surface area (Å²) in [5.74, 6) is -0.137. The van der Waals surface area contributed by atoms with Crippen molar-refractivity contribution in [1.29, 1.82) is 0 Å². The Morgan fingerprint density at radius 2 is 2.07 bits per heavy atom. The number of hydrogen-bond acceptors (Lipinski definition) is 5. The first-order chi connectivity index (χ1) is 6.92. The van der Waals surface area contributed by atoms with Crippen molar-refractivity contribution in [3.05, 3.63) is 29.8 Å². The van der Waals surface area contributed by atoms with Gasteiger partial charge >= 0.3 is 10.4 Å². The minimum atomic E-state index is -4.57. The van der Waals surface area contributed by atoms with Gasteiger partial charge in [0.1, 0.15) is 11.9 Å². The summed E-state index contributed by atoms with van der Waals surface area (Å²) in [6, 6.07) is 5.41. The smallest absolute Gasteiger partial charge is 0.393 e. The summed E-state index contributed by atoms with van der Waals surface area (Å²) in [5.41, 5.74) is 0.290. The molecule has 1 aromatic rings. The second kappa shape index (κ2) is 4.58. The third-order valence-corrected chi connectivity index (χ3v) is 2.02. The Labute approximate surface area is 86.7 Å². The molecule has 0 heterocycles. The number of benzene rings is 1. The second-order valence-electron chi connectivity index (χ2n) is 2.78. The maximum atomic E-state index is 10.4. The van der Waals surface area contributed by atoms with Gasteiger partial charge in [-0.15, -0.1) is 0 Å². The van der Waals surface area contributed by atoms with E-state index in [1.165, 1.54) is 24.3 Å². The molecule has 1 rings (SSSR count). The fourth-order valence-corrected chi connectivity index (χ4v) is 1.35. The summed E-state index contributed by atoms with van der Waals surface area (Å²) < 4.78 is 33.3. The fraction of sp³-hybridized carbons (Fsp3) is 0.250. The van der Waals surface area contributed by atoms with Crippen molar-refractivity contribution in [2.75, 3.05) is 6.61 Å². The number of hydrogen-bond donors (Lipinski definition) is 3. The van der Waals surface area contributed by atoms with Gasteiger partial charge < -0.3 is 14.4 Å². The van der Waals surface area contributed by atoms with E-state index in [0.717, 1.165) is 0 Å². The van der Waals surface area contributed by atoms with Gasteiger partial charge in [0.25, 0.3) is 0 Å². The van der Waals surface area contributed by atoms with Gasteiger partial charge in [-0.1, -0.05) is 12.1 Å². The van der Waals surface area contributed by atoms with Gasteiger partial charge in [-0.2, -0.15) is 8.42 Å². The number of aliphatic hydroxyl groups excluding tert-OH is 2. The zero-order valence-electron chi connectivity index (χ0n) is 7.57. The average molecular weight is 234 g/mol. The Balaban J connectivity index is 2.93. The van der Waals surface area contributed by atoms with Gasteiger partial charge in [-0.3, -0.25) is 4.55 Å². The highest BCUT2D eigenvalue weighted by Gasteiger charge is 2.10. The Hall–Kier alpha value is -1.15. The fourth-order valence-electron chi connectivity index (χ4n) is 1.00. The van der Waals surface area contributed by atoms with E-state index < -0.39 is 23.1 Å². The summed E-state index contributed by atoms with van der Waals surface area (Å²) >= 11 is 0. The normalized spacial score (nSPS) is 13.5. The SMILES string of the molecule is O=S(=O)(O)Oc1cccc([C@@H](O)CO)c1. The van der Waals surface area contributed by atoms with Crippen molar-refractivity contribution in [2.24, 2.45) is 0 Å². The van der Waals surface area contributed by atoms with E-state index in [4.69, 9.17) is 9.66 Å². The molecular weight excluding hydrogens is 224 g/mol. The summed E-state index contributed by atoms with van der Waals surface area (Å²) in [5, 5.41) is 17.9. The van der Waals surface area contributed by atoms with Crippen LogP contribution in [0, 0.1) is 0 Å². The van der Waals surface area contributed by atoms with Crippen molar-refractivity contribution in [3.8, 4) is 5.75 Å². The van der Waals surface area contributed by atoms with Crippen LogP contribution in [0.15, 0.2) is 24.3 Å². The highest BCUT2D eigenvalue weighted by atomic mass is 32.3. The van der Waals surface area contributed by atoms with Crippen LogP contribution in [0.1, 0.15) is 11.7 Å². The minimum absolute atomic E-state index is 0.137. The van der Waals surface area contributed by atoms with Crippen LogP contribution in [0.25, 0.3) is 0 Å². The first-order valence-corrected chi connectivity index (χ1v) is 5.34. The maximum absolute atomic E-state index is 10.4. The van der Waals surface area contributed by atoms with Crippen LogP contribution in [0.2, 0.25) is 0 Å². The van der Waals surface area contributed by atoms with Crippen molar-refractivity contribution in [3.63, 3.8) is 0 Å². The van der Waals surface area contributed by atoms with Crippen LogP contribution < -0.4 is 4.18 Å². The van der Waals surface area contributed by atoms with Gasteiger partial charge in [0, 0.05) is 0 Å². The topological polar surface area (TPSA) is 104 Å². The van der Waals surface area contributed by atoms with Crippen LogP contribution in [0.4, 0.5) is 0 Å². The molecule has 0 aliphatic rings. The standard InChI is InChI=1S/C8H10O6S/c9-5-8(10)6-2-1-3-7(4-6)14-15(11,12)13/h1-4,8-10H,5H2,(H,11,12,13)/t8-/m0/s1. The van der Waals surface area contributed by atoms with Crippen molar-refractivity contribution >= 4 is 10.4 Å². The summed E-state index contributed by atoms with van der Waals surface area (Å²) in [6.07, 6.45) is -1.12. The van der Waals surface area contributed by atoms with Crippen LogP contribution in [0.3, 0.4) is 0 Å². The van der Waals surface area contributed by atoms with E-state index in [2.05, 4.69) is 4.18 Å². The Morgan fingerprint density at radius 1 is 1.40 bits per heavy atom. The molecule has 84 valence electrons. The molecule has 3 N–H and O–H groups in total. The minimum Gasteiger partial charge on any atom is -0.393 e. The van der Waals surface area contributed by atoms with E-state index in [1.54, 1.807) is 0 Å². The molecule has 0 aliphatic heterocycles. The maximum Gasteiger partial charge on any atom is 0.446 e. The van der Waals surface area contributed by atoms with E-state index in [1.807, 2.05) is 0 Å². The van der Waals surface area contributed by atoms with Gasteiger partial charge in [0.2, 0.25) is 0 Å². The first kappa shape index (κ1) is 11.9. The number of aliphatic hydroxyl groups is 2. The Kier molecular flexibility index (Phi) is 3.64. The van der Waals surface area contributed by atoms with Crippen LogP contribution in [-0.2, 0) is 10.4 Å². The lowest BCUT2D eigenvalue weighted by molar-refractivity contribution is 0.0955.